The van der Waals surface area contributed by atoms with Crippen LogP contribution in [0.25, 0.3) is 6.08 Å². The highest BCUT2D eigenvalue weighted by atomic mass is 32.2. The molecule has 0 fully saturated rings. The number of methoxy groups -OCH3 is 3. The Bertz CT molecular complexity index is 1130. The lowest BCUT2D eigenvalue weighted by Gasteiger charge is -2.33. The summed E-state index contributed by atoms with van der Waals surface area (Å²) in [5.74, 6) is -0.213. The van der Waals surface area contributed by atoms with Gasteiger partial charge in [0.15, 0.2) is 11.5 Å². The van der Waals surface area contributed by atoms with Crippen molar-refractivity contribution in [1.82, 2.24) is 9.62 Å². The van der Waals surface area contributed by atoms with Crippen LogP contribution in [0.1, 0.15) is 23.6 Å². The Balaban J connectivity index is 1.79. The maximum absolute atomic E-state index is 13.2. The second-order valence-corrected chi connectivity index (χ2v) is 9.54. The lowest BCUT2D eigenvalue weighted by Crippen LogP contribution is -2.44. The molecule has 8 nitrogen and oxygen atoms in total. The fourth-order valence-electron chi connectivity index (χ4n) is 3.81. The summed E-state index contributed by atoms with van der Waals surface area (Å²) in [5.41, 5.74) is 3.07. The molecule has 1 aliphatic rings. The lowest BCUT2D eigenvalue weighted by atomic mass is 9.99. The van der Waals surface area contributed by atoms with E-state index < -0.39 is 16.0 Å². The van der Waals surface area contributed by atoms with Crippen molar-refractivity contribution in [2.24, 2.45) is 0 Å². The van der Waals surface area contributed by atoms with Crippen LogP contribution in [0.2, 0.25) is 0 Å². The molecule has 2 aromatic carbocycles. The van der Waals surface area contributed by atoms with Crippen LogP contribution in [0, 0.1) is 0 Å². The highest BCUT2D eigenvalue weighted by Gasteiger charge is 2.26. The lowest BCUT2D eigenvalue weighted by molar-refractivity contribution is -0.134. The summed E-state index contributed by atoms with van der Waals surface area (Å²) in [7, 11) is 0.145. The third kappa shape index (κ3) is 5.93. The van der Waals surface area contributed by atoms with Crippen molar-refractivity contribution in [1.29, 1.82) is 0 Å². The third-order valence-corrected chi connectivity index (χ3v) is 7.15. The van der Waals surface area contributed by atoms with Gasteiger partial charge in [0.2, 0.25) is 10.0 Å². The molecule has 33 heavy (non-hydrogen) atoms. The molecule has 0 amide bonds. The van der Waals surface area contributed by atoms with E-state index in [1.807, 2.05) is 19.1 Å². The summed E-state index contributed by atoms with van der Waals surface area (Å²) >= 11 is 0. The van der Waals surface area contributed by atoms with Crippen molar-refractivity contribution in [2.45, 2.75) is 30.8 Å². The highest BCUT2D eigenvalue weighted by molar-refractivity contribution is 7.89. The van der Waals surface area contributed by atoms with Crippen molar-refractivity contribution in [3.8, 4) is 11.5 Å². The summed E-state index contributed by atoms with van der Waals surface area (Å²) in [6.07, 6.45) is 3.61. The fraction of sp³-hybridized carbons (Fsp3) is 0.375. The van der Waals surface area contributed by atoms with Crippen molar-refractivity contribution >= 4 is 22.1 Å². The van der Waals surface area contributed by atoms with Crippen molar-refractivity contribution in [2.75, 3.05) is 34.4 Å². The van der Waals surface area contributed by atoms with E-state index in [1.54, 1.807) is 6.07 Å². The number of nitrogens with one attached hydrogen (secondary N) is 1. The van der Waals surface area contributed by atoms with Gasteiger partial charge in [-0.25, -0.2) is 17.9 Å². The van der Waals surface area contributed by atoms with Crippen molar-refractivity contribution in [3.05, 3.63) is 59.2 Å². The molecule has 1 atom stereocenters. The van der Waals surface area contributed by atoms with Crippen molar-refractivity contribution < 1.29 is 27.4 Å². The number of carbonyl (C=O) groups excluding carboxylic acids is 1. The molecular weight excluding hydrogens is 444 g/mol. The molecule has 3 rings (SSSR count). The molecule has 1 N–H and O–H groups in total. The summed E-state index contributed by atoms with van der Waals surface area (Å²) in [6.45, 7) is 3.89. The van der Waals surface area contributed by atoms with E-state index in [0.717, 1.165) is 19.5 Å². The predicted octanol–water partition coefficient (Wildman–Crippen LogP) is 2.62. The summed E-state index contributed by atoms with van der Waals surface area (Å²) < 4.78 is 44.4. The first-order chi connectivity index (χ1) is 15.8. The minimum atomic E-state index is -3.93. The first-order valence-corrected chi connectivity index (χ1v) is 12.1. The molecule has 0 aromatic heterocycles. The van der Waals surface area contributed by atoms with Crippen LogP contribution in [0.5, 0.6) is 11.5 Å². The minimum Gasteiger partial charge on any atom is -0.493 e. The van der Waals surface area contributed by atoms with Crippen LogP contribution in [0.15, 0.2) is 47.4 Å². The molecule has 2 aromatic rings. The number of hydrogen-bond acceptors (Lipinski definition) is 7. The Morgan fingerprint density at radius 1 is 1.15 bits per heavy atom. The van der Waals surface area contributed by atoms with E-state index in [0.29, 0.717) is 5.56 Å². The van der Waals surface area contributed by atoms with Gasteiger partial charge < -0.3 is 14.2 Å². The number of sulfonamides is 1. The number of carbonyl (C=O) groups is 1. The van der Waals surface area contributed by atoms with Gasteiger partial charge in [-0.1, -0.05) is 24.3 Å². The second kappa shape index (κ2) is 10.8. The van der Waals surface area contributed by atoms with Gasteiger partial charge in [-0.3, -0.25) is 4.90 Å². The van der Waals surface area contributed by atoms with Gasteiger partial charge in [0, 0.05) is 31.8 Å². The Morgan fingerprint density at radius 3 is 2.55 bits per heavy atom. The average Bonchev–Trinajstić information content (AvgIpc) is 2.84. The number of rotatable bonds is 9. The van der Waals surface area contributed by atoms with Gasteiger partial charge in [0.1, 0.15) is 4.90 Å². The molecular formula is C24H30N2O6S. The third-order valence-electron chi connectivity index (χ3n) is 5.72. The van der Waals surface area contributed by atoms with Crippen molar-refractivity contribution in [3.63, 3.8) is 0 Å². The Hall–Kier alpha value is -2.88. The summed E-state index contributed by atoms with van der Waals surface area (Å²) in [6, 6.07) is 11.3. The molecule has 0 spiro atoms. The van der Waals surface area contributed by atoms with Gasteiger partial charge >= 0.3 is 5.97 Å². The maximum atomic E-state index is 13.2. The summed E-state index contributed by atoms with van der Waals surface area (Å²) in [4.78, 5) is 13.6. The number of benzene rings is 2. The highest BCUT2D eigenvalue weighted by Crippen LogP contribution is 2.36. The summed E-state index contributed by atoms with van der Waals surface area (Å²) in [5, 5.41) is 0. The molecule has 0 radical (unpaired) electrons. The maximum Gasteiger partial charge on any atom is 0.330 e. The topological polar surface area (TPSA) is 94.2 Å². The first kappa shape index (κ1) is 24.8. The normalized spacial score (nSPS) is 15.2. The Kier molecular flexibility index (Phi) is 8.12. The smallest absolute Gasteiger partial charge is 0.330 e. The second-order valence-electron chi connectivity index (χ2n) is 7.80. The van der Waals surface area contributed by atoms with Crippen LogP contribution in [0.4, 0.5) is 0 Å². The van der Waals surface area contributed by atoms with Crippen LogP contribution in [-0.2, 0) is 32.5 Å². The molecule has 0 saturated heterocycles. The van der Waals surface area contributed by atoms with Crippen LogP contribution in [0.3, 0.4) is 0 Å². The molecule has 1 aliphatic heterocycles. The largest absolute Gasteiger partial charge is 0.493 e. The number of ether oxygens (including phenoxy) is 3. The zero-order chi connectivity index (χ0) is 24.0. The van der Waals surface area contributed by atoms with Crippen LogP contribution >= 0.6 is 0 Å². The predicted molar refractivity (Wildman–Crippen MR) is 126 cm³/mol. The van der Waals surface area contributed by atoms with Gasteiger partial charge in [-0.2, -0.15) is 0 Å². The van der Waals surface area contributed by atoms with E-state index in [9.17, 15) is 13.2 Å². The van der Waals surface area contributed by atoms with E-state index in [1.165, 1.54) is 50.7 Å². The van der Waals surface area contributed by atoms with E-state index >= 15 is 0 Å². The number of nitrogens with zero attached hydrogens (tertiary/aromatic N) is 1. The molecule has 1 heterocycles. The molecule has 178 valence electrons. The Labute approximate surface area is 195 Å². The van der Waals surface area contributed by atoms with Gasteiger partial charge in [0.05, 0.1) is 21.3 Å². The number of fused-ring (bicyclic) bond motifs is 1. The average molecular weight is 475 g/mol. The molecule has 0 bridgehead atoms. The standard InChI is InChI=1S/C24H30N2O6S/c1-17(26-12-11-19-7-5-6-8-20(19)16-26)15-25-33(28,29)22-14-18(9-10-23(27)31-3)13-21(30-2)24(22)32-4/h5-10,13-14,17,25H,11-12,15-16H2,1-4H3/b10-9+. The van der Waals surface area contributed by atoms with Crippen LogP contribution < -0.4 is 14.2 Å². The number of esters is 1. The van der Waals surface area contributed by atoms with E-state index in [4.69, 9.17) is 9.47 Å². The monoisotopic (exact) mass is 474 g/mol. The van der Waals surface area contributed by atoms with Gasteiger partial charge in [-0.15, -0.1) is 0 Å². The van der Waals surface area contributed by atoms with E-state index in [2.05, 4.69) is 26.5 Å². The quantitative estimate of drug-likeness (QED) is 0.441. The molecule has 1 unspecified atom stereocenters. The molecule has 9 heteroatoms. The zero-order valence-corrected chi connectivity index (χ0v) is 20.1. The fourth-order valence-corrected chi connectivity index (χ4v) is 5.14. The van der Waals surface area contributed by atoms with Gasteiger partial charge in [-0.05, 0) is 48.2 Å². The minimum absolute atomic E-state index is 0.0107. The number of hydrogen-bond donors (Lipinski definition) is 1. The molecule has 0 aliphatic carbocycles. The van der Waals surface area contributed by atoms with E-state index in [-0.39, 0.29) is 29.0 Å². The SMILES string of the molecule is COC(=O)/C=C/c1cc(OC)c(OC)c(S(=O)(=O)NCC(C)N2CCc3ccccc3C2)c1. The molecule has 0 saturated carbocycles. The zero-order valence-electron chi connectivity index (χ0n) is 19.3. The first-order valence-electron chi connectivity index (χ1n) is 10.6. The van der Waals surface area contributed by atoms with Gasteiger partial charge in [0.25, 0.3) is 0 Å². The van der Waals surface area contributed by atoms with Crippen LogP contribution in [-0.4, -0.2) is 59.7 Å². The Morgan fingerprint density at radius 2 is 1.88 bits per heavy atom.